The van der Waals surface area contributed by atoms with Gasteiger partial charge in [-0.2, -0.15) is 0 Å². The van der Waals surface area contributed by atoms with Gasteiger partial charge in [-0.15, -0.1) is 0 Å². The number of anilines is 2. The predicted octanol–water partition coefficient (Wildman–Crippen LogP) is 2.54. The van der Waals surface area contributed by atoms with Crippen molar-refractivity contribution in [2.24, 2.45) is 0 Å². The Labute approximate surface area is 112 Å². The van der Waals surface area contributed by atoms with E-state index in [0.717, 1.165) is 22.6 Å². The summed E-state index contributed by atoms with van der Waals surface area (Å²) in [6.07, 6.45) is 2.81. The molecule has 0 saturated heterocycles. The molecular formula is C15H17N3O. The zero-order chi connectivity index (χ0) is 13.7. The molecule has 19 heavy (non-hydrogen) atoms. The molecule has 0 bridgehead atoms. The van der Waals surface area contributed by atoms with Crippen molar-refractivity contribution in [3.63, 3.8) is 0 Å². The maximum Gasteiger partial charge on any atom is 0.224 e. The lowest BCUT2D eigenvalue weighted by Gasteiger charge is -2.05. The second-order valence-electron chi connectivity index (χ2n) is 4.48. The first-order valence-corrected chi connectivity index (χ1v) is 6.20. The normalized spacial score (nSPS) is 10.2. The molecule has 0 fully saturated rings. The molecule has 1 heterocycles. The SMILES string of the molecule is Cc1ccc(NC(=O)CCc2ccc(N)cc2)cn1. The topological polar surface area (TPSA) is 68.0 Å². The number of hydrogen-bond donors (Lipinski definition) is 2. The number of amides is 1. The van der Waals surface area contributed by atoms with E-state index in [1.54, 1.807) is 6.20 Å². The van der Waals surface area contributed by atoms with Gasteiger partial charge in [0, 0.05) is 17.8 Å². The first kappa shape index (κ1) is 13.1. The van der Waals surface area contributed by atoms with E-state index < -0.39 is 0 Å². The fourth-order valence-electron chi connectivity index (χ4n) is 1.71. The largest absolute Gasteiger partial charge is 0.399 e. The van der Waals surface area contributed by atoms with Crippen LogP contribution in [0.25, 0.3) is 0 Å². The maximum atomic E-state index is 11.8. The van der Waals surface area contributed by atoms with E-state index >= 15 is 0 Å². The van der Waals surface area contributed by atoms with E-state index in [1.165, 1.54) is 0 Å². The van der Waals surface area contributed by atoms with Crippen molar-refractivity contribution in [3.8, 4) is 0 Å². The number of rotatable bonds is 4. The molecule has 1 aromatic heterocycles. The van der Waals surface area contributed by atoms with Crippen molar-refractivity contribution in [2.45, 2.75) is 19.8 Å². The van der Waals surface area contributed by atoms with E-state index in [4.69, 9.17) is 5.73 Å². The molecule has 98 valence electrons. The number of nitrogen functional groups attached to an aromatic ring is 1. The molecule has 3 N–H and O–H groups in total. The summed E-state index contributed by atoms with van der Waals surface area (Å²) >= 11 is 0. The summed E-state index contributed by atoms with van der Waals surface area (Å²) in [4.78, 5) is 15.9. The quantitative estimate of drug-likeness (QED) is 0.825. The van der Waals surface area contributed by atoms with Gasteiger partial charge in [-0.25, -0.2) is 0 Å². The van der Waals surface area contributed by atoms with Crippen LogP contribution in [-0.4, -0.2) is 10.9 Å². The van der Waals surface area contributed by atoms with Crippen molar-refractivity contribution < 1.29 is 4.79 Å². The number of benzene rings is 1. The summed E-state index contributed by atoms with van der Waals surface area (Å²) in [5.41, 5.74) is 9.11. The second-order valence-corrected chi connectivity index (χ2v) is 4.48. The highest BCUT2D eigenvalue weighted by atomic mass is 16.1. The van der Waals surface area contributed by atoms with Crippen molar-refractivity contribution in [1.82, 2.24) is 4.98 Å². The molecular weight excluding hydrogens is 238 g/mol. The number of hydrogen-bond acceptors (Lipinski definition) is 3. The summed E-state index contributed by atoms with van der Waals surface area (Å²) in [5, 5.41) is 2.82. The molecule has 0 aliphatic carbocycles. The Morgan fingerprint density at radius 1 is 1.21 bits per heavy atom. The number of aromatic nitrogens is 1. The highest BCUT2D eigenvalue weighted by molar-refractivity contribution is 5.90. The van der Waals surface area contributed by atoms with Crippen LogP contribution in [0.1, 0.15) is 17.7 Å². The number of aryl methyl sites for hydroxylation is 2. The van der Waals surface area contributed by atoms with E-state index in [2.05, 4.69) is 10.3 Å². The van der Waals surface area contributed by atoms with Gasteiger partial charge in [0.2, 0.25) is 5.91 Å². The molecule has 2 aromatic rings. The molecule has 0 radical (unpaired) electrons. The molecule has 0 aliphatic heterocycles. The first-order valence-electron chi connectivity index (χ1n) is 6.20. The average Bonchev–Trinajstić information content (AvgIpc) is 2.41. The van der Waals surface area contributed by atoms with E-state index in [0.29, 0.717) is 12.8 Å². The first-order chi connectivity index (χ1) is 9.13. The van der Waals surface area contributed by atoms with E-state index in [-0.39, 0.29) is 5.91 Å². The number of pyridine rings is 1. The number of nitrogens with two attached hydrogens (primary N) is 1. The van der Waals surface area contributed by atoms with Crippen molar-refractivity contribution >= 4 is 17.3 Å². The third kappa shape index (κ3) is 4.10. The Morgan fingerprint density at radius 3 is 2.58 bits per heavy atom. The lowest BCUT2D eigenvalue weighted by atomic mass is 10.1. The Hall–Kier alpha value is -2.36. The Morgan fingerprint density at radius 2 is 1.95 bits per heavy atom. The van der Waals surface area contributed by atoms with Gasteiger partial charge >= 0.3 is 0 Å². The highest BCUT2D eigenvalue weighted by Crippen LogP contribution is 2.10. The third-order valence-corrected chi connectivity index (χ3v) is 2.82. The molecule has 4 nitrogen and oxygen atoms in total. The Kier molecular flexibility index (Phi) is 4.13. The van der Waals surface area contributed by atoms with Crippen LogP contribution < -0.4 is 11.1 Å². The monoisotopic (exact) mass is 255 g/mol. The van der Waals surface area contributed by atoms with E-state index in [1.807, 2.05) is 43.3 Å². The van der Waals surface area contributed by atoms with Crippen LogP contribution in [0.3, 0.4) is 0 Å². The summed E-state index contributed by atoms with van der Waals surface area (Å²) in [6, 6.07) is 11.3. The van der Waals surface area contributed by atoms with Gasteiger partial charge in [-0.1, -0.05) is 12.1 Å². The third-order valence-electron chi connectivity index (χ3n) is 2.82. The van der Waals surface area contributed by atoms with Gasteiger partial charge < -0.3 is 11.1 Å². The molecule has 2 rings (SSSR count). The molecule has 0 saturated carbocycles. The second kappa shape index (κ2) is 6.00. The minimum Gasteiger partial charge on any atom is -0.399 e. The fraction of sp³-hybridized carbons (Fsp3) is 0.200. The fourth-order valence-corrected chi connectivity index (χ4v) is 1.71. The van der Waals surface area contributed by atoms with Gasteiger partial charge in [0.05, 0.1) is 11.9 Å². The van der Waals surface area contributed by atoms with Crippen LogP contribution in [0, 0.1) is 6.92 Å². The highest BCUT2D eigenvalue weighted by Gasteiger charge is 2.03. The summed E-state index contributed by atoms with van der Waals surface area (Å²) < 4.78 is 0. The Balaban J connectivity index is 1.84. The van der Waals surface area contributed by atoms with Gasteiger partial charge in [-0.05, 0) is 43.2 Å². The number of carbonyl (C=O) groups is 1. The minimum atomic E-state index is -0.0116. The summed E-state index contributed by atoms with van der Waals surface area (Å²) in [5.74, 6) is -0.0116. The minimum absolute atomic E-state index is 0.0116. The molecule has 0 unspecified atom stereocenters. The molecule has 4 heteroatoms. The predicted molar refractivity (Wildman–Crippen MR) is 76.8 cm³/mol. The molecule has 0 aliphatic rings. The maximum absolute atomic E-state index is 11.8. The zero-order valence-corrected chi connectivity index (χ0v) is 10.9. The van der Waals surface area contributed by atoms with Gasteiger partial charge in [0.25, 0.3) is 0 Å². The van der Waals surface area contributed by atoms with Crippen LogP contribution in [0.15, 0.2) is 42.6 Å². The van der Waals surface area contributed by atoms with Crippen LogP contribution in [-0.2, 0) is 11.2 Å². The lowest BCUT2D eigenvalue weighted by molar-refractivity contribution is -0.116. The zero-order valence-electron chi connectivity index (χ0n) is 10.9. The molecule has 1 aromatic carbocycles. The molecule has 0 atom stereocenters. The van der Waals surface area contributed by atoms with Crippen LogP contribution in [0.4, 0.5) is 11.4 Å². The van der Waals surface area contributed by atoms with Crippen molar-refractivity contribution in [2.75, 3.05) is 11.1 Å². The van der Waals surface area contributed by atoms with Crippen LogP contribution >= 0.6 is 0 Å². The average molecular weight is 255 g/mol. The number of nitrogens with one attached hydrogen (secondary N) is 1. The van der Waals surface area contributed by atoms with Crippen LogP contribution in [0.2, 0.25) is 0 Å². The van der Waals surface area contributed by atoms with Gasteiger partial charge in [-0.3, -0.25) is 9.78 Å². The number of carbonyl (C=O) groups excluding carboxylic acids is 1. The Bertz CT molecular complexity index is 547. The molecule has 0 spiro atoms. The van der Waals surface area contributed by atoms with Crippen LogP contribution in [0.5, 0.6) is 0 Å². The van der Waals surface area contributed by atoms with Gasteiger partial charge in [0.15, 0.2) is 0 Å². The van der Waals surface area contributed by atoms with E-state index in [9.17, 15) is 4.79 Å². The summed E-state index contributed by atoms with van der Waals surface area (Å²) in [6.45, 7) is 1.91. The van der Waals surface area contributed by atoms with Gasteiger partial charge in [0.1, 0.15) is 0 Å². The van der Waals surface area contributed by atoms with Crippen molar-refractivity contribution in [3.05, 3.63) is 53.9 Å². The standard InChI is InChI=1S/C15H17N3O/c1-11-2-8-14(10-17-11)18-15(19)9-5-12-3-6-13(16)7-4-12/h2-4,6-8,10H,5,9,16H2,1H3,(H,18,19). The summed E-state index contributed by atoms with van der Waals surface area (Å²) in [7, 11) is 0. The smallest absolute Gasteiger partial charge is 0.224 e. The van der Waals surface area contributed by atoms with Crippen molar-refractivity contribution in [1.29, 1.82) is 0 Å². The lowest BCUT2D eigenvalue weighted by Crippen LogP contribution is -2.12. The molecule has 1 amide bonds. The number of nitrogens with zero attached hydrogens (tertiary/aromatic N) is 1.